The zero-order valence-electron chi connectivity index (χ0n) is 21.9. The molecule has 0 radical (unpaired) electrons. The molecule has 2 heterocycles. The second-order valence-electron chi connectivity index (χ2n) is 9.83. The third-order valence-electron chi connectivity index (χ3n) is 6.99. The molecule has 2 aliphatic heterocycles. The lowest BCUT2D eigenvalue weighted by molar-refractivity contribution is -0.185. The van der Waals surface area contributed by atoms with Crippen LogP contribution in [0.4, 0.5) is 0 Å². The number of rotatable bonds is 13. The number of thioether (sulfide) groups is 1. The summed E-state index contributed by atoms with van der Waals surface area (Å²) in [6.07, 6.45) is 2.33. The molecule has 0 amide bonds. The van der Waals surface area contributed by atoms with Crippen LogP contribution in [0.15, 0.2) is 91.0 Å². The molecule has 5 rings (SSSR count). The van der Waals surface area contributed by atoms with Crippen LogP contribution < -0.4 is 0 Å². The summed E-state index contributed by atoms with van der Waals surface area (Å²) in [5.41, 5.74) is 3.51. The maximum atomic E-state index is 6.64. The highest BCUT2D eigenvalue weighted by atomic mass is 32.2. The zero-order chi connectivity index (χ0) is 25.8. The van der Waals surface area contributed by atoms with E-state index >= 15 is 0 Å². The molecule has 2 aliphatic rings. The van der Waals surface area contributed by atoms with Crippen LogP contribution in [0.25, 0.3) is 0 Å². The van der Waals surface area contributed by atoms with Gasteiger partial charge in [-0.1, -0.05) is 91.0 Å². The van der Waals surface area contributed by atoms with Crippen molar-refractivity contribution < 1.29 is 23.7 Å². The summed E-state index contributed by atoms with van der Waals surface area (Å²) in [6, 6.07) is 31.1. The molecule has 4 atom stereocenters. The first-order chi connectivity index (χ1) is 18.8. The lowest BCUT2D eigenvalue weighted by Gasteiger charge is -2.32. The molecule has 3 aromatic carbocycles. The molecular weight excluding hydrogens is 496 g/mol. The molecule has 0 bridgehead atoms. The Bertz CT molecular complexity index is 1050. The largest absolute Gasteiger partial charge is 0.372 e. The molecule has 5 nitrogen and oxygen atoms in total. The van der Waals surface area contributed by atoms with E-state index in [4.69, 9.17) is 23.7 Å². The van der Waals surface area contributed by atoms with E-state index in [0.29, 0.717) is 19.8 Å². The van der Waals surface area contributed by atoms with Crippen molar-refractivity contribution in [3.63, 3.8) is 0 Å². The van der Waals surface area contributed by atoms with Crippen LogP contribution in [0.5, 0.6) is 0 Å². The molecule has 0 saturated carbocycles. The summed E-state index contributed by atoms with van der Waals surface area (Å²) in [7, 11) is 0. The van der Waals surface area contributed by atoms with Crippen LogP contribution in [0.2, 0.25) is 0 Å². The monoisotopic (exact) mass is 534 g/mol. The molecule has 0 N–H and O–H groups in total. The smallest absolute Gasteiger partial charge is 0.157 e. The summed E-state index contributed by atoms with van der Waals surface area (Å²) < 4.78 is 31.5. The van der Waals surface area contributed by atoms with Gasteiger partial charge in [0.15, 0.2) is 6.29 Å². The maximum absolute atomic E-state index is 6.64. The Kier molecular flexibility index (Phi) is 10.7. The molecule has 6 heteroatoms. The number of ether oxygens (including phenoxy) is 5. The van der Waals surface area contributed by atoms with Crippen molar-refractivity contribution in [3.8, 4) is 0 Å². The molecular formula is C32H38O5S. The highest BCUT2D eigenvalue weighted by Crippen LogP contribution is 2.38. The third-order valence-corrected chi connectivity index (χ3v) is 8.47. The fraction of sp³-hybridized carbons (Fsp3) is 0.438. The number of hydrogen-bond donors (Lipinski definition) is 0. The maximum Gasteiger partial charge on any atom is 0.157 e. The Labute approximate surface area is 230 Å². The van der Waals surface area contributed by atoms with E-state index in [1.165, 1.54) is 11.1 Å². The van der Waals surface area contributed by atoms with Gasteiger partial charge in [-0.3, -0.25) is 0 Å². The lowest BCUT2D eigenvalue weighted by atomic mass is 10.0. The van der Waals surface area contributed by atoms with E-state index in [2.05, 4.69) is 72.8 Å². The fourth-order valence-corrected chi connectivity index (χ4v) is 6.51. The quantitative estimate of drug-likeness (QED) is 0.253. The van der Waals surface area contributed by atoms with Gasteiger partial charge < -0.3 is 23.7 Å². The van der Waals surface area contributed by atoms with Gasteiger partial charge in [0.25, 0.3) is 0 Å². The lowest BCUT2D eigenvalue weighted by Crippen LogP contribution is -2.42. The summed E-state index contributed by atoms with van der Waals surface area (Å²) in [5, 5.41) is 0.145. The normalized spacial score (nSPS) is 22.9. The molecule has 2 fully saturated rings. The van der Waals surface area contributed by atoms with E-state index in [1.54, 1.807) is 0 Å². The molecule has 0 aromatic heterocycles. The Morgan fingerprint density at radius 3 is 1.87 bits per heavy atom. The summed E-state index contributed by atoms with van der Waals surface area (Å²) in [5.74, 6) is 0.874. The van der Waals surface area contributed by atoms with E-state index in [9.17, 15) is 0 Å². The van der Waals surface area contributed by atoms with Crippen LogP contribution in [0.3, 0.4) is 0 Å². The number of benzene rings is 3. The minimum atomic E-state index is -0.160. The molecule has 0 spiro atoms. The summed E-state index contributed by atoms with van der Waals surface area (Å²) in [4.78, 5) is 0. The average molecular weight is 535 g/mol. The van der Waals surface area contributed by atoms with Gasteiger partial charge in [-0.05, 0) is 29.5 Å². The van der Waals surface area contributed by atoms with Gasteiger partial charge in [0.1, 0.15) is 0 Å². The van der Waals surface area contributed by atoms with Gasteiger partial charge in [-0.15, -0.1) is 0 Å². The van der Waals surface area contributed by atoms with Gasteiger partial charge in [-0.2, -0.15) is 11.8 Å². The standard InChI is InChI=1S/C32H38O5S/c1-4-11-25(12-5-1)21-35-28(17-18-30-33-19-10-20-34-30)32-31(37-23-27-15-8-3-9-16-27)29(24-38-32)36-22-26-13-6-2-7-14-26/h1-9,11-16,28-32H,10,17-24H2/t28-,29-,31+,32-/m1/s1. The van der Waals surface area contributed by atoms with Crippen molar-refractivity contribution in [2.45, 2.75) is 68.9 Å². The molecule has 0 unspecified atom stereocenters. The molecule has 3 aromatic rings. The Hall–Kier alpha value is -2.19. The third kappa shape index (κ3) is 8.15. The second-order valence-corrected chi connectivity index (χ2v) is 11.0. The second kappa shape index (κ2) is 14.8. The molecule has 38 heavy (non-hydrogen) atoms. The van der Waals surface area contributed by atoms with Crippen molar-refractivity contribution in [2.24, 2.45) is 0 Å². The minimum absolute atomic E-state index is 0.0135. The van der Waals surface area contributed by atoms with Crippen LogP contribution in [-0.2, 0) is 43.5 Å². The van der Waals surface area contributed by atoms with E-state index in [1.807, 2.05) is 30.0 Å². The fourth-order valence-electron chi connectivity index (χ4n) is 4.94. The van der Waals surface area contributed by atoms with E-state index < -0.39 is 0 Å². The van der Waals surface area contributed by atoms with Gasteiger partial charge in [0.2, 0.25) is 0 Å². The highest BCUT2D eigenvalue weighted by Gasteiger charge is 2.43. The molecule has 0 aliphatic carbocycles. The number of hydrogen-bond acceptors (Lipinski definition) is 6. The van der Waals surface area contributed by atoms with Crippen LogP contribution in [0.1, 0.15) is 36.0 Å². The van der Waals surface area contributed by atoms with Crippen molar-refractivity contribution in [1.29, 1.82) is 0 Å². The van der Waals surface area contributed by atoms with Gasteiger partial charge in [0, 0.05) is 12.2 Å². The van der Waals surface area contributed by atoms with Crippen molar-refractivity contribution in [1.82, 2.24) is 0 Å². The van der Waals surface area contributed by atoms with Crippen LogP contribution in [-0.4, -0.2) is 48.8 Å². The first kappa shape index (κ1) is 27.4. The minimum Gasteiger partial charge on any atom is -0.372 e. The van der Waals surface area contributed by atoms with E-state index in [-0.39, 0.29) is 29.9 Å². The van der Waals surface area contributed by atoms with Crippen molar-refractivity contribution in [2.75, 3.05) is 19.0 Å². The van der Waals surface area contributed by atoms with Gasteiger partial charge in [-0.25, -0.2) is 0 Å². The van der Waals surface area contributed by atoms with Gasteiger partial charge >= 0.3 is 0 Å². The first-order valence-corrected chi connectivity index (χ1v) is 14.7. The van der Waals surface area contributed by atoms with Crippen LogP contribution >= 0.6 is 11.8 Å². The van der Waals surface area contributed by atoms with Crippen LogP contribution in [0, 0.1) is 0 Å². The molecule has 2 saturated heterocycles. The van der Waals surface area contributed by atoms with Crippen molar-refractivity contribution >= 4 is 11.8 Å². The predicted molar refractivity (Wildman–Crippen MR) is 151 cm³/mol. The average Bonchev–Trinajstić information content (AvgIpc) is 3.39. The predicted octanol–water partition coefficient (Wildman–Crippen LogP) is 6.40. The van der Waals surface area contributed by atoms with Crippen molar-refractivity contribution in [3.05, 3.63) is 108 Å². The van der Waals surface area contributed by atoms with Gasteiger partial charge in [0.05, 0.1) is 56.6 Å². The Morgan fingerprint density at radius 2 is 1.26 bits per heavy atom. The van der Waals surface area contributed by atoms with E-state index in [0.717, 1.165) is 43.8 Å². The first-order valence-electron chi connectivity index (χ1n) is 13.7. The summed E-state index contributed by atoms with van der Waals surface area (Å²) in [6.45, 7) is 3.21. The highest BCUT2D eigenvalue weighted by molar-refractivity contribution is 8.00. The Balaban J connectivity index is 1.29. The topological polar surface area (TPSA) is 46.2 Å². The molecule has 202 valence electrons. The Morgan fingerprint density at radius 1 is 0.711 bits per heavy atom. The zero-order valence-corrected chi connectivity index (χ0v) is 22.7. The SMILES string of the molecule is c1ccc(CO[C@@H]2[C@@H]([C@@H](CCC3OCCCO3)OCc3ccccc3)SC[C@H]2OCc2ccccc2)cc1. The summed E-state index contributed by atoms with van der Waals surface area (Å²) >= 11 is 1.90.